The maximum absolute atomic E-state index is 12.7. The molecule has 1 aliphatic heterocycles. The second kappa shape index (κ2) is 10.0. The van der Waals surface area contributed by atoms with Gasteiger partial charge in [-0.05, 0) is 67.9 Å². The predicted octanol–water partition coefficient (Wildman–Crippen LogP) is 5.50. The van der Waals surface area contributed by atoms with E-state index in [2.05, 4.69) is 5.32 Å². The summed E-state index contributed by atoms with van der Waals surface area (Å²) in [6.45, 7) is 5.56. The van der Waals surface area contributed by atoms with Crippen LogP contribution in [0.15, 0.2) is 47.4 Å². The van der Waals surface area contributed by atoms with E-state index in [0.29, 0.717) is 22.0 Å². The number of nitrogens with zero attached hydrogens (tertiary/aromatic N) is 1. The minimum absolute atomic E-state index is 0.0332. The highest BCUT2D eigenvalue weighted by atomic mass is 35.5. The third-order valence-corrected chi connectivity index (χ3v) is 5.87. The first-order valence-electron chi connectivity index (χ1n) is 9.85. The van der Waals surface area contributed by atoms with Crippen molar-refractivity contribution in [1.29, 1.82) is 0 Å². The first kappa shape index (κ1) is 22.9. The van der Waals surface area contributed by atoms with Crippen molar-refractivity contribution in [3.8, 4) is 5.75 Å². The Kier molecular flexibility index (Phi) is 7.41. The Bertz CT molecular complexity index is 1040. The average Bonchev–Trinajstić information content (AvgIpc) is 2.99. The number of aryl methyl sites for hydroxylation is 1. The average molecular weight is 459 g/mol. The van der Waals surface area contributed by atoms with Crippen molar-refractivity contribution in [3.63, 3.8) is 0 Å². The summed E-state index contributed by atoms with van der Waals surface area (Å²) in [4.78, 5) is 38.4. The van der Waals surface area contributed by atoms with Crippen molar-refractivity contribution in [3.05, 3.63) is 63.5 Å². The van der Waals surface area contributed by atoms with Crippen LogP contribution in [-0.2, 0) is 9.59 Å². The number of anilines is 1. The summed E-state index contributed by atoms with van der Waals surface area (Å²) in [6.07, 6.45) is 2.47. The molecule has 0 spiro atoms. The Morgan fingerprint density at radius 3 is 2.58 bits per heavy atom. The number of nitrogens with one attached hydrogen (secondary N) is 1. The van der Waals surface area contributed by atoms with E-state index in [-0.39, 0.29) is 17.6 Å². The van der Waals surface area contributed by atoms with E-state index in [4.69, 9.17) is 16.3 Å². The summed E-state index contributed by atoms with van der Waals surface area (Å²) in [6, 6.07) is 12.4. The van der Waals surface area contributed by atoms with Crippen LogP contribution in [-0.4, -0.2) is 34.6 Å². The minimum Gasteiger partial charge on any atom is -0.489 e. The quantitative estimate of drug-likeness (QED) is 0.554. The molecule has 0 saturated carbocycles. The van der Waals surface area contributed by atoms with Crippen molar-refractivity contribution in [2.75, 3.05) is 11.9 Å². The summed E-state index contributed by atoms with van der Waals surface area (Å²) < 4.78 is 5.74. The van der Waals surface area contributed by atoms with Gasteiger partial charge in [-0.15, -0.1) is 0 Å². The summed E-state index contributed by atoms with van der Waals surface area (Å²) in [5.41, 5.74) is 2.33. The van der Waals surface area contributed by atoms with Gasteiger partial charge < -0.3 is 10.1 Å². The maximum atomic E-state index is 12.7. The third-order valence-electron chi connectivity index (χ3n) is 4.67. The van der Waals surface area contributed by atoms with Gasteiger partial charge >= 0.3 is 0 Å². The summed E-state index contributed by atoms with van der Waals surface area (Å²) in [5.74, 6) is -0.388. The summed E-state index contributed by atoms with van der Waals surface area (Å²) >= 11 is 7.08. The zero-order valence-corrected chi connectivity index (χ0v) is 19.0. The predicted molar refractivity (Wildman–Crippen MR) is 124 cm³/mol. The molecule has 6 nitrogen and oxygen atoms in total. The van der Waals surface area contributed by atoms with Gasteiger partial charge in [-0.1, -0.05) is 42.3 Å². The maximum Gasteiger partial charge on any atom is 0.294 e. The fraction of sp³-hybridized carbons (Fsp3) is 0.261. The number of halogens is 1. The number of benzene rings is 2. The van der Waals surface area contributed by atoms with Crippen LogP contribution in [0.1, 0.15) is 31.4 Å². The highest BCUT2D eigenvalue weighted by Gasteiger charge is 2.36. The lowest BCUT2D eigenvalue weighted by atomic mass is 10.2. The van der Waals surface area contributed by atoms with Crippen molar-refractivity contribution in [2.45, 2.75) is 33.3 Å². The van der Waals surface area contributed by atoms with Gasteiger partial charge in [-0.2, -0.15) is 0 Å². The van der Waals surface area contributed by atoms with Crippen LogP contribution in [0.2, 0.25) is 5.02 Å². The molecule has 1 heterocycles. The van der Waals surface area contributed by atoms with Crippen LogP contribution in [0.25, 0.3) is 6.08 Å². The number of rotatable bonds is 7. The van der Waals surface area contributed by atoms with Gasteiger partial charge in [0.15, 0.2) is 0 Å². The Hall–Kier alpha value is -2.77. The SMILES string of the molecule is CCC(C)Oc1ccc(/C=C2\SC(=O)N(CC(=O)Nc3ccc(C)cc3)C2=O)cc1Cl. The molecule has 3 rings (SSSR count). The molecule has 0 bridgehead atoms. The standard InChI is InChI=1S/C23H23ClN2O4S/c1-4-15(3)30-19-10-7-16(11-18(19)24)12-20-22(28)26(23(29)31-20)13-21(27)25-17-8-5-14(2)6-9-17/h5-12,15H,4,13H2,1-3H3,(H,25,27)/b20-12-. The molecule has 0 aromatic heterocycles. The molecule has 31 heavy (non-hydrogen) atoms. The van der Waals surface area contributed by atoms with Crippen LogP contribution in [0, 0.1) is 6.92 Å². The van der Waals surface area contributed by atoms with E-state index >= 15 is 0 Å². The summed E-state index contributed by atoms with van der Waals surface area (Å²) in [5, 5.41) is 2.62. The molecule has 3 amide bonds. The molecule has 1 aliphatic rings. The number of ether oxygens (including phenoxy) is 1. The molecule has 8 heteroatoms. The largest absolute Gasteiger partial charge is 0.489 e. The van der Waals surface area contributed by atoms with E-state index < -0.39 is 17.1 Å². The lowest BCUT2D eigenvalue weighted by molar-refractivity contribution is -0.127. The van der Waals surface area contributed by atoms with Gasteiger partial charge in [0.2, 0.25) is 5.91 Å². The van der Waals surface area contributed by atoms with Gasteiger partial charge in [0.05, 0.1) is 16.0 Å². The zero-order chi connectivity index (χ0) is 22.5. The van der Waals surface area contributed by atoms with Gasteiger partial charge in [-0.25, -0.2) is 0 Å². The Balaban J connectivity index is 1.67. The smallest absolute Gasteiger partial charge is 0.294 e. The van der Waals surface area contributed by atoms with E-state index in [1.54, 1.807) is 36.4 Å². The summed E-state index contributed by atoms with van der Waals surface area (Å²) in [7, 11) is 0. The van der Waals surface area contributed by atoms with Gasteiger partial charge in [0.25, 0.3) is 11.1 Å². The molecule has 1 fully saturated rings. The monoisotopic (exact) mass is 458 g/mol. The van der Waals surface area contributed by atoms with E-state index in [9.17, 15) is 14.4 Å². The van der Waals surface area contributed by atoms with Gasteiger partial charge in [-0.3, -0.25) is 19.3 Å². The zero-order valence-electron chi connectivity index (χ0n) is 17.5. The van der Waals surface area contributed by atoms with E-state index in [1.165, 1.54) is 0 Å². The van der Waals surface area contributed by atoms with Crippen LogP contribution in [0.3, 0.4) is 0 Å². The fourth-order valence-corrected chi connectivity index (χ4v) is 3.84. The van der Waals surface area contributed by atoms with Crippen LogP contribution in [0.5, 0.6) is 5.75 Å². The van der Waals surface area contributed by atoms with Crippen LogP contribution < -0.4 is 10.1 Å². The van der Waals surface area contributed by atoms with Gasteiger partial charge in [0.1, 0.15) is 12.3 Å². The minimum atomic E-state index is -0.509. The number of thioether (sulfide) groups is 1. The molecule has 0 aliphatic carbocycles. The van der Waals surface area contributed by atoms with Crippen molar-refractivity contribution in [2.24, 2.45) is 0 Å². The molecule has 1 unspecified atom stereocenters. The van der Waals surface area contributed by atoms with Crippen molar-refractivity contribution in [1.82, 2.24) is 4.90 Å². The van der Waals surface area contributed by atoms with Crippen molar-refractivity contribution < 1.29 is 19.1 Å². The lowest BCUT2D eigenvalue weighted by Crippen LogP contribution is -2.36. The number of carbonyl (C=O) groups is 3. The van der Waals surface area contributed by atoms with E-state index in [1.807, 2.05) is 32.9 Å². The molecule has 1 atom stereocenters. The van der Waals surface area contributed by atoms with Crippen LogP contribution >= 0.6 is 23.4 Å². The molecule has 2 aromatic carbocycles. The molecule has 2 aromatic rings. The molecule has 162 valence electrons. The van der Waals surface area contributed by atoms with Gasteiger partial charge in [0, 0.05) is 5.69 Å². The Morgan fingerprint density at radius 2 is 1.94 bits per heavy atom. The molecular formula is C23H23ClN2O4S. The molecular weight excluding hydrogens is 436 g/mol. The lowest BCUT2D eigenvalue weighted by Gasteiger charge is -2.14. The highest BCUT2D eigenvalue weighted by molar-refractivity contribution is 8.18. The fourth-order valence-electron chi connectivity index (χ4n) is 2.77. The molecule has 1 N–H and O–H groups in total. The number of hydrogen-bond donors (Lipinski definition) is 1. The van der Waals surface area contributed by atoms with E-state index in [0.717, 1.165) is 28.6 Å². The number of amides is 3. The molecule has 0 radical (unpaired) electrons. The topological polar surface area (TPSA) is 75.7 Å². The molecule has 1 saturated heterocycles. The van der Waals surface area contributed by atoms with Crippen molar-refractivity contribution >= 4 is 52.2 Å². The third kappa shape index (κ3) is 5.89. The number of carbonyl (C=O) groups excluding carboxylic acids is 3. The second-order valence-corrected chi connectivity index (χ2v) is 8.61. The second-order valence-electron chi connectivity index (χ2n) is 7.21. The Labute approximate surface area is 190 Å². The Morgan fingerprint density at radius 1 is 1.23 bits per heavy atom. The first-order valence-corrected chi connectivity index (χ1v) is 11.0. The normalized spacial score (nSPS) is 16.0. The first-order chi connectivity index (χ1) is 14.8. The highest BCUT2D eigenvalue weighted by Crippen LogP contribution is 2.34. The number of hydrogen-bond acceptors (Lipinski definition) is 5. The number of imide groups is 1. The van der Waals surface area contributed by atoms with Crippen LogP contribution in [0.4, 0.5) is 10.5 Å².